The molecule has 0 bridgehead atoms. The van der Waals surface area contributed by atoms with Crippen molar-refractivity contribution in [1.29, 1.82) is 0 Å². The Bertz CT molecular complexity index is 1030. The van der Waals surface area contributed by atoms with Crippen LogP contribution in [0.4, 0.5) is 0 Å². The van der Waals surface area contributed by atoms with Crippen LogP contribution in [0, 0.1) is 0 Å². The molecule has 0 radical (unpaired) electrons. The van der Waals surface area contributed by atoms with Crippen LogP contribution >= 0.6 is 11.6 Å². The molecule has 1 saturated heterocycles. The van der Waals surface area contributed by atoms with E-state index in [1.165, 1.54) is 22.6 Å². The van der Waals surface area contributed by atoms with Gasteiger partial charge in [-0.1, -0.05) is 48.7 Å². The summed E-state index contributed by atoms with van der Waals surface area (Å²) in [5.41, 5.74) is 2.15. The first-order valence-electron chi connectivity index (χ1n) is 11.3. The number of carbonyl (C=O) groups is 3. The zero-order chi connectivity index (χ0) is 24.5. The number of carbonyl (C=O) groups excluding carboxylic acids is 2. The highest BCUT2D eigenvalue weighted by molar-refractivity contribution is 7.85. The number of aromatic carboxylic acids is 1. The number of unbranched alkanes of at least 4 members (excludes halogenated alkanes) is 3. The van der Waals surface area contributed by atoms with Crippen molar-refractivity contribution in [3.8, 4) is 0 Å². The van der Waals surface area contributed by atoms with Crippen LogP contribution in [0.5, 0.6) is 0 Å². The summed E-state index contributed by atoms with van der Waals surface area (Å²) in [6.07, 6.45) is 5.16. The Morgan fingerprint density at radius 3 is 2.29 bits per heavy atom. The van der Waals surface area contributed by atoms with Crippen LogP contribution in [-0.4, -0.2) is 50.5 Å². The number of carboxylic acids is 1. The molecule has 1 aliphatic heterocycles. The fraction of sp³-hybridized carbons (Fsp3) is 0.400. The molecule has 182 valence electrons. The van der Waals surface area contributed by atoms with Crippen LogP contribution in [0.3, 0.4) is 0 Å². The maximum Gasteiger partial charge on any atom is 0.335 e. The first kappa shape index (κ1) is 25.9. The lowest BCUT2D eigenvalue weighted by Crippen LogP contribution is -2.57. The molecular weight excluding hydrogens is 476 g/mol. The van der Waals surface area contributed by atoms with Gasteiger partial charge in [-0.15, -0.1) is 0 Å². The minimum absolute atomic E-state index is 0.0935. The van der Waals surface area contributed by atoms with E-state index in [0.29, 0.717) is 6.54 Å². The Morgan fingerprint density at radius 1 is 1.00 bits per heavy atom. The van der Waals surface area contributed by atoms with Crippen molar-refractivity contribution in [2.75, 3.05) is 13.1 Å². The average molecular weight is 505 g/mol. The molecule has 0 spiro atoms. The summed E-state index contributed by atoms with van der Waals surface area (Å²) in [5, 5.41) is 12.0. The average Bonchev–Trinajstić information content (AvgIpc) is 2.81. The van der Waals surface area contributed by atoms with Crippen molar-refractivity contribution >= 4 is 40.2 Å². The number of β-lactam (4-membered cyclic amide) rings is 1. The van der Waals surface area contributed by atoms with Gasteiger partial charge in [0, 0.05) is 22.4 Å². The molecule has 0 saturated carbocycles. The van der Waals surface area contributed by atoms with Crippen LogP contribution in [0.25, 0.3) is 0 Å². The number of benzene rings is 2. The molecule has 1 heterocycles. The van der Waals surface area contributed by atoms with E-state index in [-0.39, 0.29) is 36.1 Å². The Balaban J connectivity index is 1.31. The highest BCUT2D eigenvalue weighted by Crippen LogP contribution is 2.24. The van der Waals surface area contributed by atoms with Crippen molar-refractivity contribution in [3.63, 3.8) is 0 Å². The minimum Gasteiger partial charge on any atom is -0.478 e. The Labute approximate surface area is 206 Å². The molecule has 1 aliphatic rings. The Kier molecular flexibility index (Phi) is 9.65. The highest BCUT2D eigenvalue weighted by atomic mass is 35.5. The van der Waals surface area contributed by atoms with E-state index in [1.54, 1.807) is 12.1 Å². The molecule has 2 amide bonds. The molecule has 9 heteroatoms. The number of nitrogens with one attached hydrogen (secondary N) is 1. The van der Waals surface area contributed by atoms with Crippen molar-refractivity contribution in [2.24, 2.45) is 0 Å². The second-order valence-corrected chi connectivity index (χ2v) is 10.4. The third-order valence-electron chi connectivity index (χ3n) is 5.77. The molecule has 2 aromatic rings. The fourth-order valence-electron chi connectivity index (χ4n) is 3.75. The van der Waals surface area contributed by atoms with Gasteiger partial charge in [0.2, 0.25) is 11.8 Å². The number of hydrogen-bond acceptors (Lipinski definition) is 4. The van der Waals surface area contributed by atoms with Crippen molar-refractivity contribution in [2.45, 2.75) is 49.7 Å². The summed E-state index contributed by atoms with van der Waals surface area (Å²) >= 11 is 5.89. The highest BCUT2D eigenvalue weighted by Gasteiger charge is 2.41. The summed E-state index contributed by atoms with van der Waals surface area (Å²) in [6.45, 7) is 0.454. The number of aryl methyl sites for hydroxylation is 1. The van der Waals surface area contributed by atoms with E-state index in [0.717, 1.165) is 42.7 Å². The summed E-state index contributed by atoms with van der Waals surface area (Å²) in [5.74, 6) is -1.25. The quantitative estimate of drug-likeness (QED) is 0.319. The van der Waals surface area contributed by atoms with Crippen molar-refractivity contribution in [3.05, 3.63) is 70.2 Å². The number of carboxylic acid groups (broad SMARTS) is 1. The molecule has 2 N–H and O–H groups in total. The molecule has 0 aromatic heterocycles. The second kappa shape index (κ2) is 12.7. The number of hydrogen-bond donors (Lipinski definition) is 2. The lowest BCUT2D eigenvalue weighted by Gasteiger charge is -2.39. The van der Waals surface area contributed by atoms with Gasteiger partial charge in [0.1, 0.15) is 11.9 Å². The Morgan fingerprint density at radius 2 is 1.65 bits per heavy atom. The molecule has 2 aromatic carbocycles. The van der Waals surface area contributed by atoms with E-state index < -0.39 is 22.1 Å². The molecule has 3 rings (SSSR count). The predicted octanol–water partition coefficient (Wildman–Crippen LogP) is 3.76. The fourth-order valence-corrected chi connectivity index (χ4v) is 5.39. The molecule has 7 nitrogen and oxygen atoms in total. The van der Waals surface area contributed by atoms with Gasteiger partial charge in [-0.25, -0.2) is 4.79 Å². The van der Waals surface area contributed by atoms with Gasteiger partial charge in [-0.05, 0) is 54.7 Å². The topological polar surface area (TPSA) is 104 Å². The van der Waals surface area contributed by atoms with Gasteiger partial charge in [0.05, 0.1) is 17.7 Å². The van der Waals surface area contributed by atoms with Gasteiger partial charge in [-0.3, -0.25) is 13.8 Å². The van der Waals surface area contributed by atoms with Gasteiger partial charge >= 0.3 is 5.97 Å². The normalized spacial score (nSPS) is 16.1. The summed E-state index contributed by atoms with van der Waals surface area (Å²) in [4.78, 5) is 36.5. The lowest BCUT2D eigenvalue weighted by atomic mass is 10.1. The van der Waals surface area contributed by atoms with E-state index >= 15 is 0 Å². The third kappa shape index (κ3) is 7.67. The predicted molar refractivity (Wildman–Crippen MR) is 132 cm³/mol. The summed E-state index contributed by atoms with van der Waals surface area (Å²) in [6, 6.07) is 14.0. The molecule has 1 fully saturated rings. The van der Waals surface area contributed by atoms with Gasteiger partial charge in [0.25, 0.3) is 0 Å². The third-order valence-corrected chi connectivity index (χ3v) is 7.67. The smallest absolute Gasteiger partial charge is 0.335 e. The number of nitrogens with zero attached hydrogens (tertiary/aromatic N) is 1. The summed E-state index contributed by atoms with van der Waals surface area (Å²) in [7, 11) is -1.37. The number of amides is 2. The first-order chi connectivity index (χ1) is 16.3. The molecular formula is C25H29ClN2O5S. The number of halogens is 1. The second-order valence-electron chi connectivity index (χ2n) is 8.35. The van der Waals surface area contributed by atoms with Crippen LogP contribution in [0.15, 0.2) is 48.5 Å². The SMILES string of the molecule is O=C(CN1C(=O)CC1S(=O)Cc1ccc(C(=O)O)cc1)NCCCCCCc1ccc(Cl)cc1. The number of likely N-dealkylation sites (tertiary alicyclic amines) is 1. The monoisotopic (exact) mass is 504 g/mol. The van der Waals surface area contributed by atoms with Crippen LogP contribution in [0.1, 0.15) is 53.6 Å². The van der Waals surface area contributed by atoms with E-state index in [1.807, 2.05) is 24.3 Å². The maximum absolute atomic E-state index is 12.7. The van der Waals surface area contributed by atoms with Crippen LogP contribution < -0.4 is 5.32 Å². The van der Waals surface area contributed by atoms with E-state index in [9.17, 15) is 18.6 Å². The van der Waals surface area contributed by atoms with Crippen molar-refractivity contribution < 1.29 is 23.7 Å². The number of rotatable bonds is 13. The zero-order valence-electron chi connectivity index (χ0n) is 18.9. The first-order valence-corrected chi connectivity index (χ1v) is 13.1. The molecule has 2 unspecified atom stereocenters. The molecule has 0 aliphatic carbocycles. The Hall–Kier alpha value is -2.71. The van der Waals surface area contributed by atoms with Crippen LogP contribution in [-0.2, 0) is 32.6 Å². The van der Waals surface area contributed by atoms with Crippen molar-refractivity contribution in [1.82, 2.24) is 10.2 Å². The lowest BCUT2D eigenvalue weighted by molar-refractivity contribution is -0.145. The van der Waals surface area contributed by atoms with E-state index in [2.05, 4.69) is 5.32 Å². The molecule has 2 atom stereocenters. The standard InChI is InChI=1S/C25H29ClN2O5S/c26-21-12-8-18(9-13-21)5-3-1-2-4-14-27-22(29)16-28-23(30)15-24(28)34(33)17-19-6-10-20(11-7-19)25(31)32/h6-13,24H,1-5,14-17H2,(H,27,29)(H,31,32). The molecule has 34 heavy (non-hydrogen) atoms. The van der Waals surface area contributed by atoms with Crippen LogP contribution in [0.2, 0.25) is 5.02 Å². The van der Waals surface area contributed by atoms with Gasteiger partial charge < -0.3 is 15.3 Å². The maximum atomic E-state index is 12.7. The van der Waals surface area contributed by atoms with Gasteiger partial charge in [-0.2, -0.15) is 0 Å². The van der Waals surface area contributed by atoms with Gasteiger partial charge in [0.15, 0.2) is 0 Å². The van der Waals surface area contributed by atoms with E-state index in [4.69, 9.17) is 16.7 Å². The minimum atomic E-state index is -1.37. The zero-order valence-corrected chi connectivity index (χ0v) is 20.4. The largest absolute Gasteiger partial charge is 0.478 e. The summed E-state index contributed by atoms with van der Waals surface area (Å²) < 4.78 is 12.7.